The van der Waals surface area contributed by atoms with Crippen LogP contribution in [0.3, 0.4) is 0 Å². The summed E-state index contributed by atoms with van der Waals surface area (Å²) in [7, 11) is 1.70. The van der Waals surface area contributed by atoms with Gasteiger partial charge in [-0.25, -0.2) is 0 Å². The predicted octanol–water partition coefficient (Wildman–Crippen LogP) is 5.58. The molecule has 0 bridgehead atoms. The minimum absolute atomic E-state index is 0.829. The third-order valence-electron chi connectivity index (χ3n) is 4.01. The Morgan fingerprint density at radius 2 is 1.48 bits per heavy atom. The van der Waals surface area contributed by atoms with Gasteiger partial charge in [0.25, 0.3) is 0 Å². The Kier molecular flexibility index (Phi) is 3.19. The zero-order chi connectivity index (χ0) is 15.8. The van der Waals surface area contributed by atoms with Gasteiger partial charge in [0, 0.05) is 0 Å². The zero-order valence-electron chi connectivity index (χ0n) is 13.1. The number of rotatable bonds is 2. The van der Waals surface area contributed by atoms with Crippen molar-refractivity contribution < 1.29 is 9.47 Å². The van der Waals surface area contributed by atoms with Crippen LogP contribution in [0, 0.1) is 6.92 Å². The minimum Gasteiger partial charge on any atom is -0.495 e. The van der Waals surface area contributed by atoms with E-state index in [9.17, 15) is 0 Å². The molecular weight excluding hydrogens is 286 g/mol. The Morgan fingerprint density at radius 1 is 0.783 bits per heavy atom. The van der Waals surface area contributed by atoms with Crippen molar-refractivity contribution in [3.05, 3.63) is 72.3 Å². The quantitative estimate of drug-likeness (QED) is 0.482. The van der Waals surface area contributed by atoms with Crippen LogP contribution in [0.25, 0.3) is 0 Å². The van der Waals surface area contributed by atoms with E-state index in [-0.39, 0.29) is 0 Å². The molecule has 3 aromatic rings. The summed E-state index contributed by atoms with van der Waals surface area (Å²) >= 11 is 0. The number of para-hydroxylation sites is 4. The van der Waals surface area contributed by atoms with Crippen molar-refractivity contribution in [1.82, 2.24) is 0 Å². The van der Waals surface area contributed by atoms with Gasteiger partial charge in [0.05, 0.1) is 24.2 Å². The lowest BCUT2D eigenvalue weighted by Gasteiger charge is -2.33. The summed E-state index contributed by atoms with van der Waals surface area (Å²) in [6, 6.07) is 22.3. The topological polar surface area (TPSA) is 21.7 Å². The van der Waals surface area contributed by atoms with Crippen molar-refractivity contribution in [2.24, 2.45) is 0 Å². The molecule has 4 rings (SSSR count). The number of ether oxygens (including phenoxy) is 2. The first-order valence-corrected chi connectivity index (χ1v) is 7.58. The number of aryl methyl sites for hydroxylation is 1. The van der Waals surface area contributed by atoms with Crippen molar-refractivity contribution in [2.75, 3.05) is 12.0 Å². The molecule has 0 N–H and O–H groups in total. The molecule has 0 saturated heterocycles. The van der Waals surface area contributed by atoms with Gasteiger partial charge in [-0.2, -0.15) is 0 Å². The molecule has 0 fully saturated rings. The highest BCUT2D eigenvalue weighted by molar-refractivity contribution is 5.88. The number of fused-ring (bicyclic) bond motifs is 2. The number of nitrogens with zero attached hydrogens (tertiary/aromatic N) is 1. The SMILES string of the molecule is COc1ccccc1N1c2ccccc2Oc2cc(C)ccc21. The molecule has 3 heteroatoms. The first-order valence-electron chi connectivity index (χ1n) is 7.58. The Labute approximate surface area is 135 Å². The average molecular weight is 303 g/mol. The van der Waals surface area contributed by atoms with E-state index in [1.165, 1.54) is 5.56 Å². The third-order valence-corrected chi connectivity index (χ3v) is 4.01. The van der Waals surface area contributed by atoms with Crippen LogP contribution < -0.4 is 14.4 Å². The molecule has 3 aromatic carbocycles. The Balaban J connectivity index is 1.99. The molecule has 1 aliphatic heterocycles. The maximum Gasteiger partial charge on any atom is 0.151 e. The van der Waals surface area contributed by atoms with Crippen molar-refractivity contribution in [2.45, 2.75) is 6.92 Å². The van der Waals surface area contributed by atoms with Gasteiger partial charge in [0.1, 0.15) is 5.75 Å². The first kappa shape index (κ1) is 13.7. The summed E-state index contributed by atoms with van der Waals surface area (Å²) in [6.07, 6.45) is 0. The lowest BCUT2D eigenvalue weighted by molar-refractivity contribution is 0.415. The van der Waals surface area contributed by atoms with Gasteiger partial charge in [-0.15, -0.1) is 0 Å². The molecule has 23 heavy (non-hydrogen) atoms. The normalized spacial score (nSPS) is 12.2. The Bertz CT molecular complexity index is 873. The van der Waals surface area contributed by atoms with Crippen LogP contribution in [-0.2, 0) is 0 Å². The van der Waals surface area contributed by atoms with E-state index < -0.39 is 0 Å². The number of hydrogen-bond donors (Lipinski definition) is 0. The van der Waals surface area contributed by atoms with Gasteiger partial charge in [-0.3, -0.25) is 4.90 Å². The van der Waals surface area contributed by atoms with Gasteiger partial charge in [-0.05, 0) is 48.9 Å². The molecule has 0 radical (unpaired) electrons. The standard InChI is InChI=1S/C20H17NO2/c1-14-11-12-17-20(13-14)23-19-10-6-4-8-16(19)21(17)15-7-3-5-9-18(15)22-2/h3-13H,1-2H3. The summed E-state index contributed by atoms with van der Waals surface area (Å²) in [5.41, 5.74) is 4.19. The molecule has 0 aromatic heterocycles. The van der Waals surface area contributed by atoms with Crippen LogP contribution in [0.5, 0.6) is 17.2 Å². The highest BCUT2D eigenvalue weighted by Gasteiger charge is 2.27. The van der Waals surface area contributed by atoms with E-state index in [4.69, 9.17) is 9.47 Å². The Morgan fingerprint density at radius 3 is 2.30 bits per heavy atom. The summed E-state index contributed by atoms with van der Waals surface area (Å²) in [6.45, 7) is 2.07. The predicted molar refractivity (Wildman–Crippen MR) is 92.5 cm³/mol. The zero-order valence-corrected chi connectivity index (χ0v) is 13.1. The number of anilines is 3. The summed E-state index contributed by atoms with van der Waals surface area (Å²) in [5, 5.41) is 0. The van der Waals surface area contributed by atoms with E-state index in [1.54, 1.807) is 7.11 Å². The summed E-state index contributed by atoms with van der Waals surface area (Å²) < 4.78 is 11.7. The third kappa shape index (κ3) is 2.21. The van der Waals surface area contributed by atoms with Crippen LogP contribution in [0.2, 0.25) is 0 Å². The smallest absolute Gasteiger partial charge is 0.151 e. The lowest BCUT2D eigenvalue weighted by Crippen LogP contribution is -2.16. The fraction of sp³-hybridized carbons (Fsp3) is 0.100. The summed E-state index contributed by atoms with van der Waals surface area (Å²) in [5.74, 6) is 2.53. The maximum atomic E-state index is 6.10. The average Bonchev–Trinajstić information content (AvgIpc) is 2.59. The fourth-order valence-electron chi connectivity index (χ4n) is 2.94. The second-order valence-electron chi connectivity index (χ2n) is 5.55. The van der Waals surface area contributed by atoms with Crippen LogP contribution >= 0.6 is 0 Å². The first-order chi connectivity index (χ1) is 11.3. The van der Waals surface area contributed by atoms with Crippen molar-refractivity contribution in [3.8, 4) is 17.2 Å². The van der Waals surface area contributed by atoms with E-state index in [0.29, 0.717) is 0 Å². The van der Waals surface area contributed by atoms with Crippen molar-refractivity contribution >= 4 is 17.1 Å². The van der Waals surface area contributed by atoms with Crippen LogP contribution in [0.4, 0.5) is 17.1 Å². The summed E-state index contributed by atoms with van der Waals surface area (Å²) in [4.78, 5) is 2.19. The van der Waals surface area contributed by atoms with Crippen LogP contribution in [0.15, 0.2) is 66.7 Å². The molecule has 0 saturated carbocycles. The van der Waals surface area contributed by atoms with Crippen molar-refractivity contribution in [1.29, 1.82) is 0 Å². The Hall–Kier alpha value is -2.94. The maximum absolute atomic E-state index is 6.10. The van der Waals surface area contributed by atoms with Crippen LogP contribution in [0.1, 0.15) is 5.56 Å². The monoisotopic (exact) mass is 303 g/mol. The van der Waals surface area contributed by atoms with Gasteiger partial charge < -0.3 is 9.47 Å². The number of hydrogen-bond acceptors (Lipinski definition) is 3. The number of methoxy groups -OCH3 is 1. The van der Waals surface area contributed by atoms with E-state index in [1.807, 2.05) is 36.4 Å². The molecule has 0 aliphatic carbocycles. The second-order valence-corrected chi connectivity index (χ2v) is 5.55. The molecule has 3 nitrogen and oxygen atoms in total. The highest BCUT2D eigenvalue weighted by Crippen LogP contribution is 2.52. The molecule has 0 amide bonds. The van der Waals surface area contributed by atoms with Crippen LogP contribution in [-0.4, -0.2) is 7.11 Å². The van der Waals surface area contributed by atoms with Gasteiger partial charge >= 0.3 is 0 Å². The minimum atomic E-state index is 0.829. The largest absolute Gasteiger partial charge is 0.495 e. The van der Waals surface area contributed by atoms with E-state index in [0.717, 1.165) is 34.3 Å². The molecule has 1 heterocycles. The van der Waals surface area contributed by atoms with Gasteiger partial charge in [-0.1, -0.05) is 30.3 Å². The molecule has 1 aliphatic rings. The molecule has 114 valence electrons. The lowest BCUT2D eigenvalue weighted by atomic mass is 10.1. The highest BCUT2D eigenvalue weighted by atomic mass is 16.5. The number of benzene rings is 3. The molecule has 0 spiro atoms. The van der Waals surface area contributed by atoms with E-state index in [2.05, 4.69) is 42.2 Å². The van der Waals surface area contributed by atoms with Gasteiger partial charge in [0.2, 0.25) is 0 Å². The fourth-order valence-corrected chi connectivity index (χ4v) is 2.94. The molecule has 0 atom stereocenters. The molecular formula is C20H17NO2. The van der Waals surface area contributed by atoms with E-state index >= 15 is 0 Å². The van der Waals surface area contributed by atoms with Crippen molar-refractivity contribution in [3.63, 3.8) is 0 Å². The van der Waals surface area contributed by atoms with Gasteiger partial charge in [0.15, 0.2) is 11.5 Å². The molecule has 0 unspecified atom stereocenters. The second kappa shape index (κ2) is 5.36.